The fourth-order valence-electron chi connectivity index (χ4n) is 8.24. The van der Waals surface area contributed by atoms with E-state index >= 15 is 0 Å². The molecule has 0 N–H and O–H groups in total. The van der Waals surface area contributed by atoms with Crippen LogP contribution in [0.5, 0.6) is 0 Å². The van der Waals surface area contributed by atoms with Crippen molar-refractivity contribution in [2.45, 2.75) is 18.8 Å². The number of rotatable bonds is 1. The molecule has 0 saturated heterocycles. The van der Waals surface area contributed by atoms with Crippen molar-refractivity contribution in [2.75, 3.05) is 0 Å². The molecule has 0 aromatic heterocycles. The third-order valence-electron chi connectivity index (χ3n) is 10.1. The van der Waals surface area contributed by atoms with E-state index in [4.69, 9.17) is 4.74 Å². The zero-order chi connectivity index (χ0) is 28.1. The molecule has 2 aliphatic carbocycles. The van der Waals surface area contributed by atoms with Gasteiger partial charge in [0.15, 0.2) is 0 Å². The first-order chi connectivity index (χ1) is 21.3. The monoisotopic (exact) mass is 548 g/mol. The van der Waals surface area contributed by atoms with Crippen molar-refractivity contribution in [3.8, 4) is 0 Å². The Hall–Kier alpha value is -5.14. The van der Waals surface area contributed by atoms with Crippen LogP contribution in [0.4, 0.5) is 0 Å². The summed E-state index contributed by atoms with van der Waals surface area (Å²) in [6.45, 7) is 0. The smallest absolute Gasteiger partial charge is 0.120 e. The maximum Gasteiger partial charge on any atom is 0.120 e. The summed E-state index contributed by atoms with van der Waals surface area (Å²) in [5, 5.41) is 15.7. The molecule has 1 aliphatic heterocycles. The molecule has 0 spiro atoms. The second kappa shape index (κ2) is 8.69. The van der Waals surface area contributed by atoms with Gasteiger partial charge >= 0.3 is 0 Å². The molecule has 2 atom stereocenters. The van der Waals surface area contributed by atoms with Crippen LogP contribution in [0, 0.1) is 5.92 Å². The van der Waals surface area contributed by atoms with Gasteiger partial charge in [-0.2, -0.15) is 0 Å². The van der Waals surface area contributed by atoms with Crippen molar-refractivity contribution in [3.05, 3.63) is 155 Å². The Kier molecular flexibility index (Phi) is 4.73. The highest BCUT2D eigenvalue weighted by atomic mass is 16.5. The summed E-state index contributed by atoms with van der Waals surface area (Å²) in [4.78, 5) is 0. The first kappa shape index (κ1) is 23.4. The van der Waals surface area contributed by atoms with Crippen LogP contribution < -0.4 is 10.4 Å². The molecular formula is C42H28O. The third kappa shape index (κ3) is 3.17. The van der Waals surface area contributed by atoms with E-state index in [1.54, 1.807) is 0 Å². The minimum Gasteiger partial charge on any atom is -0.464 e. The predicted molar refractivity (Wildman–Crippen MR) is 180 cm³/mol. The molecule has 202 valence electrons. The average molecular weight is 549 g/mol. The van der Waals surface area contributed by atoms with Gasteiger partial charge in [-0.25, -0.2) is 0 Å². The van der Waals surface area contributed by atoms with Gasteiger partial charge in [0.2, 0.25) is 0 Å². The molecule has 1 heteroatoms. The first-order valence-electron chi connectivity index (χ1n) is 15.4. The van der Waals surface area contributed by atoms with Gasteiger partial charge in [-0.3, -0.25) is 0 Å². The molecule has 0 amide bonds. The molecule has 10 rings (SSSR count). The molecule has 7 aromatic carbocycles. The first-order valence-corrected chi connectivity index (χ1v) is 15.4. The summed E-state index contributed by atoms with van der Waals surface area (Å²) in [5.74, 6) is 2.74. The van der Waals surface area contributed by atoms with E-state index in [1.807, 2.05) is 0 Å². The molecule has 3 aliphatic rings. The standard InChI is InChI=1S/C42H28O/c1-2-12-29-27(10-1)28-11-4-6-16-33(28)39-24-25(20-21-34(29)39)26-18-9-19-37-38-23-22-36-32-15-5-3-13-30(32)31-14-7-8-17-35(31)40(36)42(38)43-41(26)37/h1-17,19-22,24,26,38H,18,23H2. The van der Waals surface area contributed by atoms with Crippen molar-refractivity contribution < 1.29 is 4.74 Å². The molecule has 0 radical (unpaired) electrons. The topological polar surface area (TPSA) is 9.23 Å². The van der Waals surface area contributed by atoms with Crippen LogP contribution >= 0.6 is 0 Å². The maximum atomic E-state index is 7.11. The van der Waals surface area contributed by atoms with Crippen molar-refractivity contribution >= 4 is 65.7 Å². The number of hydrogen-bond donors (Lipinski definition) is 0. The van der Waals surface area contributed by atoms with Gasteiger partial charge in [-0.15, -0.1) is 0 Å². The van der Waals surface area contributed by atoms with Gasteiger partial charge in [-0.1, -0.05) is 127 Å². The van der Waals surface area contributed by atoms with Gasteiger partial charge < -0.3 is 4.74 Å². The van der Waals surface area contributed by atoms with E-state index in [0.29, 0.717) is 0 Å². The molecule has 2 unspecified atom stereocenters. The van der Waals surface area contributed by atoms with E-state index in [9.17, 15) is 0 Å². The Labute approximate surface area is 249 Å². The summed E-state index contributed by atoms with van der Waals surface area (Å²) in [6.07, 6.45) is 9.09. The maximum absolute atomic E-state index is 7.11. The minimum atomic E-state index is 0.197. The van der Waals surface area contributed by atoms with Crippen molar-refractivity contribution in [1.82, 2.24) is 0 Å². The Balaban J connectivity index is 1.19. The largest absolute Gasteiger partial charge is 0.464 e. The Morgan fingerprint density at radius 2 is 1.00 bits per heavy atom. The number of allylic oxidation sites excluding steroid dienone is 3. The lowest BCUT2D eigenvalue weighted by atomic mass is 9.81. The van der Waals surface area contributed by atoms with Crippen LogP contribution in [0.1, 0.15) is 24.3 Å². The van der Waals surface area contributed by atoms with Crippen LogP contribution in [0.25, 0.3) is 65.7 Å². The zero-order valence-corrected chi connectivity index (χ0v) is 23.7. The summed E-state index contributed by atoms with van der Waals surface area (Å²) in [7, 11) is 0. The summed E-state index contributed by atoms with van der Waals surface area (Å²) in [5.41, 5.74) is 2.69. The van der Waals surface area contributed by atoms with Crippen LogP contribution in [0.15, 0.2) is 139 Å². The highest BCUT2D eigenvalue weighted by Gasteiger charge is 2.38. The fourth-order valence-corrected chi connectivity index (χ4v) is 8.24. The zero-order valence-electron chi connectivity index (χ0n) is 23.7. The molecular weight excluding hydrogens is 520 g/mol. The van der Waals surface area contributed by atoms with E-state index in [1.165, 1.54) is 75.4 Å². The van der Waals surface area contributed by atoms with Gasteiger partial charge in [0.1, 0.15) is 11.5 Å². The Morgan fingerprint density at radius 1 is 0.465 bits per heavy atom. The SMILES string of the molecule is C1=CC2=C(OC3=c4c(c5ccccc5c5ccccc45)=CCC23)C(c2ccc3c4ccccc4c4ccccc4c3c2)C1. The highest BCUT2D eigenvalue weighted by Crippen LogP contribution is 2.49. The lowest BCUT2D eigenvalue weighted by Crippen LogP contribution is -2.34. The van der Waals surface area contributed by atoms with Crippen LogP contribution in [-0.4, -0.2) is 0 Å². The number of benzene rings is 7. The molecule has 0 bridgehead atoms. The highest BCUT2D eigenvalue weighted by molar-refractivity contribution is 6.25. The Bertz CT molecular complexity index is 2510. The van der Waals surface area contributed by atoms with E-state index < -0.39 is 0 Å². The normalized spacial score (nSPS) is 19.1. The van der Waals surface area contributed by atoms with E-state index in [0.717, 1.165) is 24.4 Å². The van der Waals surface area contributed by atoms with Crippen molar-refractivity contribution in [1.29, 1.82) is 0 Å². The number of ether oxygens (including phenoxy) is 1. The second-order valence-electron chi connectivity index (χ2n) is 12.2. The van der Waals surface area contributed by atoms with Gasteiger partial charge in [-0.05, 0) is 83.6 Å². The summed E-state index contributed by atoms with van der Waals surface area (Å²) in [6, 6.07) is 42.5. The van der Waals surface area contributed by atoms with E-state index in [2.05, 4.69) is 133 Å². The van der Waals surface area contributed by atoms with Crippen LogP contribution in [-0.2, 0) is 4.74 Å². The van der Waals surface area contributed by atoms with Gasteiger partial charge in [0.25, 0.3) is 0 Å². The summed E-state index contributed by atoms with van der Waals surface area (Å²) >= 11 is 0. The quantitative estimate of drug-likeness (QED) is 0.186. The second-order valence-corrected chi connectivity index (χ2v) is 12.2. The molecule has 1 nitrogen and oxygen atoms in total. The minimum absolute atomic E-state index is 0.197. The van der Waals surface area contributed by atoms with Gasteiger partial charge in [0.05, 0.1) is 0 Å². The summed E-state index contributed by atoms with van der Waals surface area (Å²) < 4.78 is 7.11. The molecule has 43 heavy (non-hydrogen) atoms. The van der Waals surface area contributed by atoms with E-state index in [-0.39, 0.29) is 11.8 Å². The van der Waals surface area contributed by atoms with Gasteiger partial charge in [0, 0.05) is 22.6 Å². The number of hydrogen-bond acceptors (Lipinski definition) is 1. The van der Waals surface area contributed by atoms with Crippen LogP contribution in [0.2, 0.25) is 0 Å². The fraction of sp³-hybridized carbons (Fsp3) is 0.0952. The molecule has 7 aromatic rings. The predicted octanol–water partition coefficient (Wildman–Crippen LogP) is 9.39. The third-order valence-corrected chi connectivity index (χ3v) is 10.1. The average Bonchev–Trinajstić information content (AvgIpc) is 3.47. The molecule has 1 heterocycles. The Morgan fingerprint density at radius 3 is 1.67 bits per heavy atom. The van der Waals surface area contributed by atoms with Crippen molar-refractivity contribution in [2.24, 2.45) is 5.92 Å². The lowest BCUT2D eigenvalue weighted by Gasteiger charge is -2.22. The molecule has 0 fully saturated rings. The number of fused-ring (bicyclic) bond motifs is 14. The van der Waals surface area contributed by atoms with Crippen molar-refractivity contribution in [3.63, 3.8) is 0 Å². The lowest BCUT2D eigenvalue weighted by molar-refractivity contribution is 0.343. The van der Waals surface area contributed by atoms with Crippen LogP contribution in [0.3, 0.4) is 0 Å². The molecule has 0 saturated carbocycles.